The van der Waals surface area contributed by atoms with Gasteiger partial charge < -0.3 is 15.4 Å². The summed E-state index contributed by atoms with van der Waals surface area (Å²) in [4.78, 5) is 24.8. The summed E-state index contributed by atoms with van der Waals surface area (Å²) in [5, 5.41) is 5.57. The van der Waals surface area contributed by atoms with Crippen molar-refractivity contribution in [2.45, 2.75) is 18.9 Å². The van der Waals surface area contributed by atoms with Gasteiger partial charge in [0.15, 0.2) is 0 Å². The molecule has 0 aliphatic carbocycles. The van der Waals surface area contributed by atoms with Gasteiger partial charge in [0.25, 0.3) is 5.91 Å². The van der Waals surface area contributed by atoms with Crippen LogP contribution in [0, 0.1) is 11.6 Å². The van der Waals surface area contributed by atoms with Gasteiger partial charge in [-0.15, -0.1) is 0 Å². The summed E-state index contributed by atoms with van der Waals surface area (Å²) < 4.78 is 31.6. The van der Waals surface area contributed by atoms with Gasteiger partial charge in [-0.1, -0.05) is 35.9 Å². The molecule has 3 rings (SSSR count). The molecule has 3 aromatic carbocycles. The zero-order valence-corrected chi connectivity index (χ0v) is 18.7. The molecular formula is C25H23ClF2N2O3. The van der Waals surface area contributed by atoms with Crippen molar-refractivity contribution in [3.8, 4) is 5.75 Å². The molecule has 0 fully saturated rings. The number of carbonyl (C=O) groups excluding carboxylic acids is 2. The Balaban J connectivity index is 1.62. The van der Waals surface area contributed by atoms with Crippen LogP contribution >= 0.6 is 11.6 Å². The predicted octanol–water partition coefficient (Wildman–Crippen LogP) is 4.85. The summed E-state index contributed by atoms with van der Waals surface area (Å²) in [5.41, 5.74) is 1.85. The maximum atomic E-state index is 13.3. The van der Waals surface area contributed by atoms with E-state index >= 15 is 0 Å². The molecule has 8 heteroatoms. The van der Waals surface area contributed by atoms with Gasteiger partial charge in [-0.05, 0) is 60.0 Å². The minimum Gasteiger partial charge on any atom is -0.497 e. The smallest absolute Gasteiger partial charge is 0.252 e. The van der Waals surface area contributed by atoms with Crippen LogP contribution in [0.25, 0.3) is 0 Å². The van der Waals surface area contributed by atoms with Crippen LogP contribution in [0.4, 0.5) is 8.78 Å². The topological polar surface area (TPSA) is 67.4 Å². The van der Waals surface area contributed by atoms with Gasteiger partial charge in [0.1, 0.15) is 17.4 Å². The van der Waals surface area contributed by atoms with Crippen LogP contribution in [0.15, 0.2) is 66.7 Å². The second-order valence-electron chi connectivity index (χ2n) is 7.35. The molecule has 0 aromatic heterocycles. The van der Waals surface area contributed by atoms with Crippen molar-refractivity contribution in [2.24, 2.45) is 0 Å². The molecule has 0 saturated carbocycles. The van der Waals surface area contributed by atoms with Crippen molar-refractivity contribution in [3.63, 3.8) is 0 Å². The molecule has 172 valence electrons. The molecule has 3 aromatic rings. The Morgan fingerprint density at radius 2 is 1.64 bits per heavy atom. The molecule has 0 spiro atoms. The quantitative estimate of drug-likeness (QED) is 0.468. The van der Waals surface area contributed by atoms with Gasteiger partial charge in [-0.3, -0.25) is 9.59 Å². The highest BCUT2D eigenvalue weighted by atomic mass is 35.5. The maximum Gasteiger partial charge on any atom is 0.252 e. The Hall–Kier alpha value is -3.45. The summed E-state index contributed by atoms with van der Waals surface area (Å²) in [6.07, 6.45) is 0.483. The highest BCUT2D eigenvalue weighted by Gasteiger charge is 2.17. The van der Waals surface area contributed by atoms with Crippen LogP contribution in [0.3, 0.4) is 0 Å². The van der Waals surface area contributed by atoms with Crippen molar-refractivity contribution in [2.75, 3.05) is 13.7 Å². The molecule has 2 amide bonds. The highest BCUT2D eigenvalue weighted by molar-refractivity contribution is 6.33. The number of halogens is 3. The van der Waals surface area contributed by atoms with Gasteiger partial charge in [0.05, 0.1) is 23.7 Å². The average molecular weight is 473 g/mol. The van der Waals surface area contributed by atoms with E-state index in [0.717, 1.165) is 23.3 Å². The third-order valence-electron chi connectivity index (χ3n) is 5.02. The first-order chi connectivity index (χ1) is 15.9. The van der Waals surface area contributed by atoms with Gasteiger partial charge in [0.2, 0.25) is 5.91 Å². The Labute approximate surface area is 195 Å². The van der Waals surface area contributed by atoms with Crippen LogP contribution in [0.1, 0.15) is 33.9 Å². The standard InChI is InChI=1S/C25H23ClF2N2O3/c1-33-20-9-4-17(5-10-20)23(14-16-2-6-18(27)7-3-16)30-24(31)12-13-29-25(32)21-11-8-19(28)15-22(21)26/h2-11,15,23H,12-14H2,1H3,(H,29,32)(H,30,31). The number of hydrogen-bond donors (Lipinski definition) is 2. The van der Waals surface area contributed by atoms with Crippen molar-refractivity contribution >= 4 is 23.4 Å². The first-order valence-corrected chi connectivity index (χ1v) is 10.6. The number of hydrogen-bond acceptors (Lipinski definition) is 3. The van der Waals surface area contributed by atoms with Gasteiger partial charge in [-0.25, -0.2) is 8.78 Å². The van der Waals surface area contributed by atoms with Crippen molar-refractivity contribution in [1.82, 2.24) is 10.6 Å². The molecule has 0 bridgehead atoms. The Kier molecular flexibility index (Phi) is 8.38. The average Bonchev–Trinajstić information content (AvgIpc) is 2.80. The third-order valence-corrected chi connectivity index (χ3v) is 5.33. The summed E-state index contributed by atoms with van der Waals surface area (Å²) >= 11 is 5.90. The lowest BCUT2D eigenvalue weighted by Gasteiger charge is -2.20. The number of carbonyl (C=O) groups is 2. The Morgan fingerprint density at radius 3 is 2.27 bits per heavy atom. The Bertz CT molecular complexity index is 1110. The summed E-state index contributed by atoms with van der Waals surface area (Å²) in [6.45, 7) is 0.0737. The van der Waals surface area contributed by atoms with E-state index in [9.17, 15) is 18.4 Å². The molecule has 2 N–H and O–H groups in total. The fourth-order valence-electron chi connectivity index (χ4n) is 3.27. The summed E-state index contributed by atoms with van der Waals surface area (Å²) in [6, 6.07) is 16.5. The molecule has 33 heavy (non-hydrogen) atoms. The lowest BCUT2D eigenvalue weighted by atomic mass is 9.98. The molecule has 0 aliphatic heterocycles. The van der Waals surface area contributed by atoms with E-state index in [0.29, 0.717) is 12.2 Å². The second kappa shape index (κ2) is 11.4. The predicted molar refractivity (Wildman–Crippen MR) is 122 cm³/mol. The number of nitrogens with one attached hydrogen (secondary N) is 2. The van der Waals surface area contributed by atoms with E-state index in [1.165, 1.54) is 18.2 Å². The lowest BCUT2D eigenvalue weighted by Crippen LogP contribution is -2.33. The van der Waals surface area contributed by atoms with E-state index in [1.807, 2.05) is 12.1 Å². The number of methoxy groups -OCH3 is 1. The largest absolute Gasteiger partial charge is 0.497 e. The van der Waals surface area contributed by atoms with E-state index in [4.69, 9.17) is 16.3 Å². The zero-order chi connectivity index (χ0) is 23.8. The van der Waals surface area contributed by atoms with Crippen molar-refractivity contribution < 1.29 is 23.1 Å². The fourth-order valence-corrected chi connectivity index (χ4v) is 3.52. The first-order valence-electron chi connectivity index (χ1n) is 10.3. The van der Waals surface area contributed by atoms with E-state index < -0.39 is 11.7 Å². The van der Waals surface area contributed by atoms with E-state index in [-0.39, 0.29) is 41.3 Å². The Morgan fingerprint density at radius 1 is 0.970 bits per heavy atom. The molecule has 0 aliphatic rings. The number of ether oxygens (including phenoxy) is 1. The van der Waals surface area contributed by atoms with Gasteiger partial charge in [-0.2, -0.15) is 0 Å². The monoisotopic (exact) mass is 472 g/mol. The highest BCUT2D eigenvalue weighted by Crippen LogP contribution is 2.22. The molecular weight excluding hydrogens is 450 g/mol. The molecule has 1 unspecified atom stereocenters. The fraction of sp³-hybridized carbons (Fsp3) is 0.200. The molecule has 0 heterocycles. The third kappa shape index (κ3) is 7.02. The SMILES string of the molecule is COc1ccc(C(Cc2ccc(F)cc2)NC(=O)CCNC(=O)c2ccc(F)cc2Cl)cc1. The van der Waals surface area contributed by atoms with Crippen LogP contribution in [-0.2, 0) is 11.2 Å². The normalized spacial score (nSPS) is 11.5. The van der Waals surface area contributed by atoms with Gasteiger partial charge in [0, 0.05) is 13.0 Å². The molecule has 5 nitrogen and oxygen atoms in total. The molecule has 0 radical (unpaired) electrons. The maximum absolute atomic E-state index is 13.3. The van der Waals surface area contributed by atoms with Crippen LogP contribution < -0.4 is 15.4 Å². The van der Waals surface area contributed by atoms with E-state index in [2.05, 4.69) is 10.6 Å². The minimum absolute atomic E-state index is 0.00387. The summed E-state index contributed by atoms with van der Waals surface area (Å²) in [5.74, 6) is -0.954. The van der Waals surface area contributed by atoms with Crippen LogP contribution in [0.5, 0.6) is 5.75 Å². The van der Waals surface area contributed by atoms with Crippen LogP contribution in [0.2, 0.25) is 5.02 Å². The number of amides is 2. The zero-order valence-electron chi connectivity index (χ0n) is 17.9. The molecule has 1 atom stereocenters. The second-order valence-corrected chi connectivity index (χ2v) is 7.76. The van der Waals surface area contributed by atoms with Crippen molar-refractivity contribution in [3.05, 3.63) is 100 Å². The van der Waals surface area contributed by atoms with Gasteiger partial charge >= 0.3 is 0 Å². The number of benzene rings is 3. The first kappa shape index (κ1) is 24.2. The van der Waals surface area contributed by atoms with Crippen LogP contribution in [-0.4, -0.2) is 25.5 Å². The molecule has 0 saturated heterocycles. The van der Waals surface area contributed by atoms with Crippen molar-refractivity contribution in [1.29, 1.82) is 0 Å². The number of rotatable bonds is 9. The minimum atomic E-state index is -0.540. The van der Waals surface area contributed by atoms with E-state index in [1.54, 1.807) is 31.4 Å². The summed E-state index contributed by atoms with van der Waals surface area (Å²) in [7, 11) is 1.57. The lowest BCUT2D eigenvalue weighted by molar-refractivity contribution is -0.121.